The minimum absolute atomic E-state index is 0.755. The number of ether oxygens (including phenoxy) is 2. The number of methoxy groups -OCH3 is 2. The molecule has 5 heteroatoms. The Morgan fingerprint density at radius 2 is 1.73 bits per heavy atom. The third kappa shape index (κ3) is 3.10. The normalized spacial score (nSPS) is 13.5. The second-order valence-electron chi connectivity index (χ2n) is 4.82. The van der Waals surface area contributed by atoms with Gasteiger partial charge in [-0.25, -0.2) is 0 Å². The van der Waals surface area contributed by atoms with E-state index in [4.69, 9.17) is 9.47 Å². The number of nitrogens with one attached hydrogen (secondary N) is 1. The van der Waals surface area contributed by atoms with Crippen molar-refractivity contribution < 1.29 is 9.47 Å². The smallest absolute Gasteiger partial charge is 0.161 e. The predicted molar refractivity (Wildman–Crippen MR) is 94.4 cm³/mol. The Labute approximate surface area is 142 Å². The van der Waals surface area contributed by atoms with Crippen molar-refractivity contribution in [2.45, 2.75) is 11.4 Å². The van der Waals surface area contributed by atoms with Crippen LogP contribution in [0.3, 0.4) is 0 Å². The van der Waals surface area contributed by atoms with Gasteiger partial charge in [0.1, 0.15) is 0 Å². The Morgan fingerprint density at radius 3 is 2.41 bits per heavy atom. The minimum Gasteiger partial charge on any atom is -0.493 e. The van der Waals surface area contributed by atoms with E-state index in [0.29, 0.717) is 0 Å². The molecule has 0 spiro atoms. The van der Waals surface area contributed by atoms with Gasteiger partial charge in [-0.15, -0.1) is 0 Å². The van der Waals surface area contributed by atoms with Crippen LogP contribution >= 0.6 is 27.7 Å². The second kappa shape index (κ2) is 6.67. The monoisotopic (exact) mass is 377 g/mol. The molecule has 114 valence electrons. The number of fused-ring (bicyclic) bond motifs is 1. The fourth-order valence-corrected chi connectivity index (χ4v) is 3.49. The fraction of sp³-hybridized carbons (Fsp3) is 0.176. The molecule has 0 saturated carbocycles. The first-order valence-corrected chi connectivity index (χ1v) is 8.50. The molecular formula is C17H16BrNO2S. The van der Waals surface area contributed by atoms with E-state index in [-0.39, 0.29) is 0 Å². The summed E-state index contributed by atoms with van der Waals surface area (Å²) in [5, 5.41) is 5.63. The van der Waals surface area contributed by atoms with Gasteiger partial charge in [-0.05, 0) is 40.8 Å². The van der Waals surface area contributed by atoms with Crippen molar-refractivity contribution in [3.8, 4) is 11.5 Å². The first-order valence-electron chi connectivity index (χ1n) is 6.83. The highest BCUT2D eigenvalue weighted by molar-refractivity contribution is 9.10. The Bertz CT molecular complexity index is 713. The molecule has 1 aliphatic heterocycles. The van der Waals surface area contributed by atoms with Crippen LogP contribution in [0.2, 0.25) is 0 Å². The highest BCUT2D eigenvalue weighted by Crippen LogP contribution is 2.38. The molecule has 2 aromatic rings. The maximum Gasteiger partial charge on any atom is 0.161 e. The van der Waals surface area contributed by atoms with E-state index in [9.17, 15) is 0 Å². The maximum absolute atomic E-state index is 5.38. The van der Waals surface area contributed by atoms with Gasteiger partial charge in [0, 0.05) is 21.6 Å². The summed E-state index contributed by atoms with van der Waals surface area (Å²) in [6, 6.07) is 12.4. The van der Waals surface area contributed by atoms with Crippen molar-refractivity contribution in [1.82, 2.24) is 5.32 Å². The van der Waals surface area contributed by atoms with E-state index in [1.54, 1.807) is 26.0 Å². The third-order valence-electron chi connectivity index (χ3n) is 3.49. The molecule has 0 saturated heterocycles. The number of thioether (sulfide) groups is 1. The third-order valence-corrected chi connectivity index (χ3v) is 5.01. The van der Waals surface area contributed by atoms with Crippen LogP contribution in [-0.2, 0) is 6.54 Å². The highest BCUT2D eigenvalue weighted by atomic mass is 79.9. The molecule has 3 nitrogen and oxygen atoms in total. The van der Waals surface area contributed by atoms with E-state index in [0.717, 1.165) is 28.2 Å². The summed E-state index contributed by atoms with van der Waals surface area (Å²) >= 11 is 5.16. The fourth-order valence-electron chi connectivity index (χ4n) is 2.30. The minimum atomic E-state index is 0.755. The molecule has 0 atom stereocenters. The lowest BCUT2D eigenvalue weighted by molar-refractivity contribution is 0.353. The van der Waals surface area contributed by atoms with E-state index >= 15 is 0 Å². The first-order chi connectivity index (χ1) is 10.7. The predicted octanol–water partition coefficient (Wildman–Crippen LogP) is 4.66. The molecule has 0 amide bonds. The molecule has 1 N–H and O–H groups in total. The van der Waals surface area contributed by atoms with Crippen LogP contribution in [0.15, 0.2) is 51.2 Å². The van der Waals surface area contributed by atoms with Crippen molar-refractivity contribution in [3.63, 3.8) is 0 Å². The van der Waals surface area contributed by atoms with Crippen LogP contribution in [0.5, 0.6) is 11.5 Å². The molecule has 0 aromatic heterocycles. The van der Waals surface area contributed by atoms with Crippen LogP contribution < -0.4 is 14.8 Å². The molecule has 1 heterocycles. The van der Waals surface area contributed by atoms with Crippen molar-refractivity contribution in [2.75, 3.05) is 14.2 Å². The van der Waals surface area contributed by atoms with Gasteiger partial charge in [0.05, 0.1) is 14.2 Å². The van der Waals surface area contributed by atoms with Gasteiger partial charge >= 0.3 is 0 Å². The Morgan fingerprint density at radius 1 is 1.05 bits per heavy atom. The van der Waals surface area contributed by atoms with Crippen molar-refractivity contribution in [1.29, 1.82) is 0 Å². The molecule has 0 aliphatic carbocycles. The van der Waals surface area contributed by atoms with Crippen molar-refractivity contribution in [3.05, 3.63) is 57.4 Å². The van der Waals surface area contributed by atoms with Crippen molar-refractivity contribution in [2.24, 2.45) is 0 Å². The molecule has 0 bridgehead atoms. The number of hydrogen-bond donors (Lipinski definition) is 1. The summed E-state index contributed by atoms with van der Waals surface area (Å²) in [5.41, 5.74) is 3.49. The summed E-state index contributed by atoms with van der Waals surface area (Å²) in [5.74, 6) is 1.52. The van der Waals surface area contributed by atoms with Gasteiger partial charge in [-0.3, -0.25) is 0 Å². The van der Waals surface area contributed by atoms with E-state index < -0.39 is 0 Å². The average Bonchev–Trinajstić information content (AvgIpc) is 2.76. The van der Waals surface area contributed by atoms with Gasteiger partial charge in [0.25, 0.3) is 0 Å². The first kappa shape index (κ1) is 15.3. The van der Waals surface area contributed by atoms with Gasteiger partial charge < -0.3 is 14.8 Å². The van der Waals surface area contributed by atoms with E-state index in [1.807, 2.05) is 24.3 Å². The molecular weight excluding hydrogens is 362 g/mol. The van der Waals surface area contributed by atoms with Crippen LogP contribution in [0.1, 0.15) is 11.1 Å². The number of rotatable bonds is 3. The zero-order valence-corrected chi connectivity index (χ0v) is 14.8. The van der Waals surface area contributed by atoms with E-state index in [2.05, 4.69) is 38.8 Å². The topological polar surface area (TPSA) is 30.5 Å². The van der Waals surface area contributed by atoms with E-state index in [1.165, 1.54) is 16.0 Å². The van der Waals surface area contributed by atoms with Crippen LogP contribution in [-0.4, -0.2) is 14.2 Å². The zero-order valence-electron chi connectivity index (χ0n) is 12.4. The molecule has 22 heavy (non-hydrogen) atoms. The van der Waals surface area contributed by atoms with Gasteiger partial charge in [0.2, 0.25) is 0 Å². The quantitative estimate of drug-likeness (QED) is 0.842. The Kier molecular flexibility index (Phi) is 4.64. The van der Waals surface area contributed by atoms with Crippen molar-refractivity contribution >= 4 is 33.4 Å². The largest absolute Gasteiger partial charge is 0.493 e. The summed E-state index contributed by atoms with van der Waals surface area (Å²) in [6.45, 7) is 0.755. The summed E-state index contributed by atoms with van der Waals surface area (Å²) < 4.78 is 11.8. The number of halogens is 1. The van der Waals surface area contributed by atoms with Gasteiger partial charge in [0.15, 0.2) is 11.5 Å². The Balaban J connectivity index is 1.91. The number of benzene rings is 2. The lowest BCUT2D eigenvalue weighted by Crippen LogP contribution is -2.11. The summed E-state index contributed by atoms with van der Waals surface area (Å²) in [7, 11) is 3.32. The average molecular weight is 378 g/mol. The lowest BCUT2D eigenvalue weighted by atomic mass is 10.1. The number of hydrogen-bond acceptors (Lipinski definition) is 4. The summed E-state index contributed by atoms with van der Waals surface area (Å²) in [6.07, 6.45) is 0. The molecule has 0 fully saturated rings. The zero-order chi connectivity index (χ0) is 15.5. The summed E-state index contributed by atoms with van der Waals surface area (Å²) in [4.78, 5) is 1.18. The molecule has 1 aliphatic rings. The van der Waals surface area contributed by atoms with Gasteiger partial charge in [-0.1, -0.05) is 39.8 Å². The van der Waals surface area contributed by atoms with Crippen LogP contribution in [0.25, 0.3) is 5.70 Å². The van der Waals surface area contributed by atoms with Crippen LogP contribution in [0, 0.1) is 0 Å². The highest BCUT2D eigenvalue weighted by Gasteiger charge is 2.15. The second-order valence-corrected chi connectivity index (χ2v) is 6.65. The molecule has 3 rings (SSSR count). The Hall–Kier alpha value is -1.59. The molecule has 0 unspecified atom stereocenters. The molecule has 0 radical (unpaired) electrons. The molecule has 2 aromatic carbocycles. The SMILES string of the molecule is COc1cc2c(cc1OC)SC=C(c1ccc(Br)cc1)NC2. The maximum atomic E-state index is 5.38. The lowest BCUT2D eigenvalue weighted by Gasteiger charge is -2.13. The van der Waals surface area contributed by atoms with Crippen LogP contribution in [0.4, 0.5) is 0 Å². The van der Waals surface area contributed by atoms with Gasteiger partial charge in [-0.2, -0.15) is 0 Å². The standard InChI is InChI=1S/C17H16BrNO2S/c1-20-15-7-12-9-19-14(11-3-5-13(18)6-4-11)10-22-17(12)8-16(15)21-2/h3-8,10,19H,9H2,1-2H3.